The topological polar surface area (TPSA) is 28.2 Å². The molecule has 0 aliphatic heterocycles. The summed E-state index contributed by atoms with van der Waals surface area (Å²) in [6, 6.07) is 29.5. The summed E-state index contributed by atoms with van der Waals surface area (Å²) in [5.74, 6) is 0. The van der Waals surface area contributed by atoms with Crippen molar-refractivity contribution in [2.75, 3.05) is 0 Å². The molecular formula is C26H32Cl2N2Si2Zr. The van der Waals surface area contributed by atoms with Crippen molar-refractivity contribution in [1.82, 2.24) is 0 Å². The summed E-state index contributed by atoms with van der Waals surface area (Å²) >= 11 is 0. The molecule has 4 aromatic rings. The molecule has 0 radical (unpaired) electrons. The summed E-state index contributed by atoms with van der Waals surface area (Å²) in [7, 11) is -2.78. The molecule has 0 heterocycles. The number of fused-ring (bicyclic) bond motifs is 2. The minimum atomic E-state index is -1.39. The van der Waals surface area contributed by atoms with Gasteiger partial charge in [0.15, 0.2) is 0 Å². The summed E-state index contributed by atoms with van der Waals surface area (Å²) in [5.41, 5.74) is 2.29. The number of nitrogens with zero attached hydrogens (tertiary/aromatic N) is 2. The largest absolute Gasteiger partial charge is 4.00 e. The first-order valence-corrected chi connectivity index (χ1v) is 17.4. The standard InChI is InChI=1S/2C13H16NSi.2ClH.Zr/c2*1-15(2,3)14-13-10-6-8-11-7-4-5-9-12(11)13;;;/h2*4-10H,1-3H3;2*1H;/q2*-1;;;+4/p-2. The molecule has 0 aromatic heterocycles. The second-order valence-electron chi connectivity index (χ2n) is 9.56. The van der Waals surface area contributed by atoms with Crippen molar-refractivity contribution in [2.24, 2.45) is 0 Å². The molecule has 0 N–H and O–H groups in total. The zero-order valence-corrected chi connectivity index (χ0v) is 26.2. The molecule has 0 atom stereocenters. The Morgan fingerprint density at radius 2 is 0.758 bits per heavy atom. The molecule has 0 unspecified atom stereocenters. The Hall–Kier alpha value is -1.10. The van der Waals surface area contributed by atoms with E-state index >= 15 is 0 Å². The van der Waals surface area contributed by atoms with Crippen LogP contribution in [-0.4, -0.2) is 16.5 Å². The molecule has 33 heavy (non-hydrogen) atoms. The minimum Gasteiger partial charge on any atom is -1.00 e. The Balaban J connectivity index is 0.000000569. The number of benzene rings is 4. The monoisotopic (exact) mass is 588 g/mol. The van der Waals surface area contributed by atoms with Gasteiger partial charge in [0.1, 0.15) is 0 Å². The number of hydrogen-bond donors (Lipinski definition) is 0. The van der Waals surface area contributed by atoms with Gasteiger partial charge in [-0.1, -0.05) is 124 Å². The van der Waals surface area contributed by atoms with E-state index < -0.39 is 16.5 Å². The van der Waals surface area contributed by atoms with Gasteiger partial charge in [0, 0.05) is 0 Å². The van der Waals surface area contributed by atoms with E-state index in [1.807, 2.05) is 0 Å². The van der Waals surface area contributed by atoms with Crippen LogP contribution in [-0.2, 0) is 26.2 Å². The van der Waals surface area contributed by atoms with Crippen LogP contribution in [0.1, 0.15) is 0 Å². The predicted octanol–water partition coefficient (Wildman–Crippen LogP) is 3.37. The normalized spacial score (nSPS) is 10.6. The van der Waals surface area contributed by atoms with E-state index in [-0.39, 0.29) is 51.0 Å². The third kappa shape index (κ3) is 9.96. The molecule has 2 nitrogen and oxygen atoms in total. The summed E-state index contributed by atoms with van der Waals surface area (Å²) in [4.78, 5) is 9.72. The van der Waals surface area contributed by atoms with Gasteiger partial charge in [0.05, 0.1) is 0 Å². The average Bonchev–Trinajstić information content (AvgIpc) is 2.67. The van der Waals surface area contributed by atoms with Crippen molar-refractivity contribution in [1.29, 1.82) is 0 Å². The third-order valence-electron chi connectivity index (χ3n) is 4.44. The maximum absolute atomic E-state index is 4.86. The van der Waals surface area contributed by atoms with E-state index in [0.717, 1.165) is 11.4 Å². The van der Waals surface area contributed by atoms with E-state index in [9.17, 15) is 0 Å². The molecule has 0 bridgehead atoms. The minimum absolute atomic E-state index is 0. The molecular weight excluding hydrogens is 559 g/mol. The van der Waals surface area contributed by atoms with Crippen molar-refractivity contribution < 1.29 is 51.0 Å². The Morgan fingerprint density at radius 3 is 1.09 bits per heavy atom. The van der Waals surface area contributed by atoms with Crippen LogP contribution in [0.2, 0.25) is 39.3 Å². The number of halogens is 2. The van der Waals surface area contributed by atoms with Crippen LogP contribution in [0.5, 0.6) is 0 Å². The summed E-state index contributed by atoms with van der Waals surface area (Å²) in [5, 5.41) is 5.08. The number of hydrogen-bond acceptors (Lipinski definition) is 0. The first-order valence-electron chi connectivity index (χ1n) is 10.5. The van der Waals surface area contributed by atoms with Crippen LogP contribution in [0.4, 0.5) is 11.4 Å². The fraction of sp³-hybridized carbons (Fsp3) is 0.231. The third-order valence-corrected chi connectivity index (χ3v) is 6.27. The van der Waals surface area contributed by atoms with Crippen molar-refractivity contribution in [3.63, 3.8) is 0 Å². The summed E-state index contributed by atoms with van der Waals surface area (Å²) in [6.07, 6.45) is 0. The molecule has 0 fully saturated rings. The van der Waals surface area contributed by atoms with Gasteiger partial charge < -0.3 is 34.8 Å². The summed E-state index contributed by atoms with van der Waals surface area (Å²) in [6.45, 7) is 13.6. The van der Waals surface area contributed by atoms with E-state index in [4.69, 9.17) is 9.96 Å². The number of rotatable bonds is 4. The van der Waals surface area contributed by atoms with Gasteiger partial charge in [-0.3, -0.25) is 0 Å². The average molecular weight is 591 g/mol. The van der Waals surface area contributed by atoms with Gasteiger partial charge >= 0.3 is 26.2 Å². The van der Waals surface area contributed by atoms with Crippen molar-refractivity contribution in [2.45, 2.75) is 39.3 Å². The van der Waals surface area contributed by atoms with Gasteiger partial charge in [-0.05, 0) is 38.0 Å². The first kappa shape index (κ1) is 31.9. The van der Waals surface area contributed by atoms with Gasteiger partial charge in [-0.2, -0.15) is 0 Å². The van der Waals surface area contributed by atoms with E-state index in [2.05, 4.69) is 124 Å². The van der Waals surface area contributed by atoms with Crippen molar-refractivity contribution in [3.05, 3.63) is 94.9 Å². The fourth-order valence-corrected chi connectivity index (χ4v) is 5.17. The van der Waals surface area contributed by atoms with Crippen LogP contribution in [0.3, 0.4) is 0 Å². The van der Waals surface area contributed by atoms with Crippen LogP contribution < -0.4 is 24.8 Å². The Kier molecular flexibility index (Phi) is 13.2. The molecule has 7 heteroatoms. The van der Waals surface area contributed by atoms with E-state index in [0.29, 0.717) is 0 Å². The molecule has 0 saturated heterocycles. The predicted molar refractivity (Wildman–Crippen MR) is 141 cm³/mol. The Bertz CT molecular complexity index is 1040. The molecule has 4 rings (SSSR count). The van der Waals surface area contributed by atoms with Crippen LogP contribution in [0.15, 0.2) is 84.9 Å². The molecule has 172 valence electrons. The van der Waals surface area contributed by atoms with E-state index in [1.165, 1.54) is 21.5 Å². The van der Waals surface area contributed by atoms with Gasteiger partial charge in [0.25, 0.3) is 0 Å². The fourth-order valence-electron chi connectivity index (χ4n) is 3.33. The maximum Gasteiger partial charge on any atom is 4.00 e. The van der Waals surface area contributed by atoms with Crippen molar-refractivity contribution in [3.8, 4) is 0 Å². The van der Waals surface area contributed by atoms with Crippen molar-refractivity contribution >= 4 is 49.4 Å². The molecule has 0 aliphatic rings. The zero-order chi connectivity index (χ0) is 21.8. The van der Waals surface area contributed by atoms with Crippen LogP contribution in [0, 0.1) is 0 Å². The smallest absolute Gasteiger partial charge is 1.00 e. The van der Waals surface area contributed by atoms with Gasteiger partial charge in [-0.25, -0.2) is 0 Å². The van der Waals surface area contributed by atoms with Crippen LogP contribution in [0.25, 0.3) is 31.5 Å². The Labute approximate surface area is 233 Å². The quantitative estimate of drug-likeness (QED) is 0.326. The van der Waals surface area contributed by atoms with Crippen LogP contribution >= 0.6 is 0 Å². The Morgan fingerprint density at radius 1 is 0.455 bits per heavy atom. The summed E-state index contributed by atoms with van der Waals surface area (Å²) < 4.78 is 0. The second kappa shape index (κ2) is 13.7. The molecule has 0 aliphatic carbocycles. The molecule has 0 amide bonds. The first-order chi connectivity index (χ1) is 14.1. The maximum atomic E-state index is 4.86. The second-order valence-corrected chi connectivity index (χ2v) is 18.7. The SMILES string of the molecule is C[Si](C)(C)[N-]c1cccc2ccccc12.C[Si](C)(C)[N-]c1cccc2ccccc12.[Cl-].[Cl-].[Zr+4]. The molecule has 0 spiro atoms. The van der Waals surface area contributed by atoms with E-state index in [1.54, 1.807) is 0 Å². The zero-order valence-electron chi connectivity index (χ0n) is 20.2. The molecule has 4 aromatic carbocycles. The molecule has 0 saturated carbocycles. The van der Waals surface area contributed by atoms with Gasteiger partial charge in [0.2, 0.25) is 0 Å². The van der Waals surface area contributed by atoms with Gasteiger partial charge in [-0.15, -0.1) is 11.4 Å².